The van der Waals surface area contributed by atoms with Crippen LogP contribution in [0.5, 0.6) is 0 Å². The van der Waals surface area contributed by atoms with Crippen LogP contribution in [-0.2, 0) is 20.7 Å². The number of H-pyrrole nitrogens is 1. The number of carbonyl (C=O) groups excluding carboxylic acids is 1. The van der Waals surface area contributed by atoms with E-state index in [2.05, 4.69) is 4.98 Å². The number of rotatable bonds is 9. The molecule has 2 aromatic rings. The zero-order chi connectivity index (χ0) is 18.4. The smallest absolute Gasteiger partial charge is 0.323 e. The van der Waals surface area contributed by atoms with Gasteiger partial charge in [0.1, 0.15) is 18.2 Å². The molecule has 1 heterocycles. The molecule has 0 aliphatic heterocycles. The highest BCUT2D eigenvalue weighted by atomic mass is 16.5. The summed E-state index contributed by atoms with van der Waals surface area (Å²) < 4.78 is 5.30. The fourth-order valence-corrected chi connectivity index (χ4v) is 2.59. The van der Waals surface area contributed by atoms with E-state index in [9.17, 15) is 9.59 Å². The van der Waals surface area contributed by atoms with Crippen molar-refractivity contribution in [2.24, 2.45) is 17.2 Å². The van der Waals surface area contributed by atoms with Crippen LogP contribution in [0.25, 0.3) is 10.9 Å². The van der Waals surface area contributed by atoms with Crippen LogP contribution >= 0.6 is 0 Å². The van der Waals surface area contributed by atoms with Crippen molar-refractivity contribution in [1.29, 1.82) is 0 Å². The molecule has 8 N–H and O–H groups in total. The van der Waals surface area contributed by atoms with E-state index < -0.39 is 30.1 Å². The maximum absolute atomic E-state index is 12.2. The summed E-state index contributed by atoms with van der Waals surface area (Å²) >= 11 is 0. The average molecular weight is 348 g/mol. The maximum Gasteiger partial charge on any atom is 0.323 e. The summed E-state index contributed by atoms with van der Waals surface area (Å²) in [4.78, 5) is 26.1. The SMILES string of the molecule is NCC(CC[C@H](N)C(=O)O)OC(=O)[C@@H](N)Cc1c[nH]c2ccccc12. The first kappa shape index (κ1) is 18.9. The van der Waals surface area contributed by atoms with Crippen LogP contribution < -0.4 is 17.2 Å². The van der Waals surface area contributed by atoms with E-state index in [0.717, 1.165) is 16.5 Å². The third kappa shape index (κ3) is 5.02. The van der Waals surface area contributed by atoms with Gasteiger partial charge in [-0.2, -0.15) is 0 Å². The van der Waals surface area contributed by atoms with E-state index in [-0.39, 0.29) is 19.4 Å². The summed E-state index contributed by atoms with van der Waals surface area (Å²) in [6.07, 6.45) is 1.99. The van der Waals surface area contributed by atoms with E-state index in [0.29, 0.717) is 6.42 Å². The Morgan fingerprint density at radius 1 is 1.16 bits per heavy atom. The second-order valence-electron chi connectivity index (χ2n) is 5.99. The number of ether oxygens (including phenoxy) is 1. The second kappa shape index (κ2) is 8.61. The van der Waals surface area contributed by atoms with Crippen LogP contribution in [0.4, 0.5) is 0 Å². The van der Waals surface area contributed by atoms with Gasteiger partial charge in [-0.1, -0.05) is 18.2 Å². The quantitative estimate of drug-likeness (QED) is 0.402. The molecule has 1 aromatic heterocycles. The molecule has 0 radical (unpaired) electrons. The summed E-state index contributed by atoms with van der Waals surface area (Å²) in [7, 11) is 0. The van der Waals surface area contributed by atoms with Crippen molar-refractivity contribution in [1.82, 2.24) is 4.98 Å². The molecule has 0 spiro atoms. The van der Waals surface area contributed by atoms with Gasteiger partial charge in [0.15, 0.2) is 0 Å². The van der Waals surface area contributed by atoms with Crippen LogP contribution in [0, 0.1) is 0 Å². The van der Waals surface area contributed by atoms with E-state index in [4.69, 9.17) is 27.0 Å². The zero-order valence-electron chi connectivity index (χ0n) is 13.9. The number of aromatic amines is 1. The normalized spacial score (nSPS) is 14.8. The number of nitrogens with one attached hydrogen (secondary N) is 1. The maximum atomic E-state index is 12.2. The molecule has 0 aliphatic carbocycles. The Hall–Kier alpha value is -2.42. The standard InChI is InChI=1S/C17H24N4O4/c18-8-11(5-6-13(19)16(22)23)25-17(24)14(20)7-10-9-21-15-4-2-1-3-12(10)15/h1-4,9,11,13-14,21H,5-8,18-20H2,(H,22,23)/t11?,13-,14-/m0/s1. The molecule has 0 saturated carbocycles. The van der Waals surface area contributed by atoms with Gasteiger partial charge in [0.05, 0.1) is 0 Å². The summed E-state index contributed by atoms with van der Waals surface area (Å²) in [5, 5.41) is 9.79. The first-order valence-corrected chi connectivity index (χ1v) is 8.12. The highest BCUT2D eigenvalue weighted by Crippen LogP contribution is 2.19. The van der Waals surface area contributed by atoms with E-state index >= 15 is 0 Å². The monoisotopic (exact) mass is 348 g/mol. The van der Waals surface area contributed by atoms with Crippen LogP contribution in [0.2, 0.25) is 0 Å². The average Bonchev–Trinajstić information content (AvgIpc) is 3.00. The van der Waals surface area contributed by atoms with E-state index in [1.807, 2.05) is 30.5 Å². The lowest BCUT2D eigenvalue weighted by Gasteiger charge is -2.19. The molecule has 25 heavy (non-hydrogen) atoms. The van der Waals surface area contributed by atoms with Gasteiger partial charge in [0.2, 0.25) is 0 Å². The molecule has 2 rings (SSSR count). The molecule has 0 aliphatic rings. The number of aliphatic carboxylic acids is 1. The Labute approximate surface area is 145 Å². The molecule has 136 valence electrons. The number of para-hydroxylation sites is 1. The van der Waals surface area contributed by atoms with Crippen LogP contribution in [0.15, 0.2) is 30.5 Å². The number of aromatic nitrogens is 1. The molecule has 0 bridgehead atoms. The number of hydrogen-bond donors (Lipinski definition) is 5. The molecule has 1 unspecified atom stereocenters. The van der Waals surface area contributed by atoms with Crippen molar-refractivity contribution < 1.29 is 19.4 Å². The van der Waals surface area contributed by atoms with Gasteiger partial charge in [0, 0.05) is 30.1 Å². The van der Waals surface area contributed by atoms with Gasteiger partial charge in [-0.25, -0.2) is 0 Å². The lowest BCUT2D eigenvalue weighted by atomic mass is 10.1. The minimum Gasteiger partial charge on any atom is -0.480 e. The number of nitrogens with two attached hydrogens (primary N) is 3. The fraction of sp³-hybridized carbons (Fsp3) is 0.412. The summed E-state index contributed by atoms with van der Waals surface area (Å²) in [6, 6.07) is 5.90. The highest BCUT2D eigenvalue weighted by molar-refractivity contribution is 5.84. The van der Waals surface area contributed by atoms with Crippen molar-refractivity contribution in [3.05, 3.63) is 36.0 Å². The number of benzene rings is 1. The van der Waals surface area contributed by atoms with Gasteiger partial charge in [0.25, 0.3) is 0 Å². The zero-order valence-corrected chi connectivity index (χ0v) is 13.9. The topological polar surface area (TPSA) is 157 Å². The predicted molar refractivity (Wildman–Crippen MR) is 93.8 cm³/mol. The third-order valence-electron chi connectivity index (χ3n) is 4.08. The summed E-state index contributed by atoms with van der Waals surface area (Å²) in [5.41, 5.74) is 18.9. The summed E-state index contributed by atoms with van der Waals surface area (Å²) in [5.74, 6) is -1.66. The first-order valence-electron chi connectivity index (χ1n) is 8.12. The molecule has 0 amide bonds. The Morgan fingerprint density at radius 2 is 1.88 bits per heavy atom. The molecule has 8 heteroatoms. The number of carboxylic acids is 1. The van der Waals surface area contributed by atoms with Crippen molar-refractivity contribution in [3.63, 3.8) is 0 Å². The lowest BCUT2D eigenvalue weighted by Crippen LogP contribution is -2.39. The second-order valence-corrected chi connectivity index (χ2v) is 5.99. The van der Waals surface area contributed by atoms with Crippen LogP contribution in [0.3, 0.4) is 0 Å². The number of carbonyl (C=O) groups is 2. The van der Waals surface area contributed by atoms with Crippen LogP contribution in [0.1, 0.15) is 18.4 Å². The van der Waals surface area contributed by atoms with Gasteiger partial charge >= 0.3 is 11.9 Å². The minimum atomic E-state index is -1.10. The number of fused-ring (bicyclic) bond motifs is 1. The number of hydrogen-bond acceptors (Lipinski definition) is 6. The van der Waals surface area contributed by atoms with Gasteiger partial charge < -0.3 is 32.0 Å². The van der Waals surface area contributed by atoms with Gasteiger partial charge in [-0.05, 0) is 24.5 Å². The molecule has 3 atom stereocenters. The number of carboxylic acid groups (broad SMARTS) is 1. The largest absolute Gasteiger partial charge is 0.480 e. The molecular formula is C17H24N4O4. The number of esters is 1. The molecule has 1 aromatic carbocycles. The molecule has 0 saturated heterocycles. The Balaban J connectivity index is 1.91. The van der Waals surface area contributed by atoms with E-state index in [1.165, 1.54) is 0 Å². The fourth-order valence-electron chi connectivity index (χ4n) is 2.59. The Kier molecular flexibility index (Phi) is 6.51. The molecular weight excluding hydrogens is 324 g/mol. The Bertz CT molecular complexity index is 730. The third-order valence-corrected chi connectivity index (χ3v) is 4.08. The van der Waals surface area contributed by atoms with Gasteiger partial charge in [-0.15, -0.1) is 0 Å². The lowest BCUT2D eigenvalue weighted by molar-refractivity contribution is -0.150. The first-order chi connectivity index (χ1) is 11.9. The highest BCUT2D eigenvalue weighted by Gasteiger charge is 2.22. The summed E-state index contributed by atoms with van der Waals surface area (Å²) in [6.45, 7) is 0.0812. The van der Waals surface area contributed by atoms with Crippen molar-refractivity contribution in [2.75, 3.05) is 6.54 Å². The minimum absolute atomic E-state index is 0.0812. The van der Waals surface area contributed by atoms with Gasteiger partial charge in [-0.3, -0.25) is 9.59 Å². The molecule has 8 nitrogen and oxygen atoms in total. The molecule has 0 fully saturated rings. The Morgan fingerprint density at radius 3 is 2.56 bits per heavy atom. The van der Waals surface area contributed by atoms with E-state index in [1.54, 1.807) is 0 Å². The van der Waals surface area contributed by atoms with Crippen molar-refractivity contribution in [2.45, 2.75) is 37.5 Å². The van der Waals surface area contributed by atoms with Crippen molar-refractivity contribution in [3.8, 4) is 0 Å². The van der Waals surface area contributed by atoms with Crippen LogP contribution in [-0.4, -0.2) is 46.8 Å². The van der Waals surface area contributed by atoms with Crippen molar-refractivity contribution >= 4 is 22.8 Å². The predicted octanol–water partition coefficient (Wildman–Crippen LogP) is 0.100.